The van der Waals surface area contributed by atoms with Crippen LogP contribution in [0.25, 0.3) is 22.0 Å². The number of ether oxygens (including phenoxy) is 4. The summed E-state index contributed by atoms with van der Waals surface area (Å²) in [5.74, 6) is 1.72. The van der Waals surface area contributed by atoms with Gasteiger partial charge in [-0.15, -0.1) is 0 Å². The predicted octanol–water partition coefficient (Wildman–Crippen LogP) is 3.55. The lowest BCUT2D eigenvalue weighted by Crippen LogP contribution is -2.12. The van der Waals surface area contributed by atoms with Crippen LogP contribution in [0.5, 0.6) is 17.2 Å². The molecule has 0 N–H and O–H groups in total. The second kappa shape index (κ2) is 5.27. The van der Waals surface area contributed by atoms with Gasteiger partial charge in [0.05, 0.1) is 31.6 Å². The molecule has 1 aliphatic heterocycles. The number of pyridine rings is 1. The Balaban J connectivity index is 1.80. The van der Waals surface area contributed by atoms with Gasteiger partial charge in [-0.1, -0.05) is 0 Å². The first-order chi connectivity index (χ1) is 11.5. The SMILES string of the molecule is COc1c(OCC2OC2(C)C)cc2nc3occc3cc2c1OC. The fourth-order valence-electron chi connectivity index (χ4n) is 2.86. The number of furan rings is 1. The molecule has 1 aromatic carbocycles. The van der Waals surface area contributed by atoms with E-state index in [0.29, 0.717) is 29.6 Å². The maximum Gasteiger partial charge on any atom is 0.226 e. The number of aromatic nitrogens is 1. The number of hydrogen-bond donors (Lipinski definition) is 0. The summed E-state index contributed by atoms with van der Waals surface area (Å²) in [6.07, 6.45) is 1.69. The molecular formula is C18H19NO5. The van der Waals surface area contributed by atoms with Gasteiger partial charge in [-0.05, 0) is 26.0 Å². The zero-order valence-electron chi connectivity index (χ0n) is 14.1. The predicted molar refractivity (Wildman–Crippen MR) is 89.1 cm³/mol. The summed E-state index contributed by atoms with van der Waals surface area (Å²) in [5, 5.41) is 1.75. The molecule has 0 aliphatic carbocycles. The van der Waals surface area contributed by atoms with Crippen molar-refractivity contribution in [2.75, 3.05) is 20.8 Å². The van der Waals surface area contributed by atoms with Crippen LogP contribution in [0, 0.1) is 0 Å². The smallest absolute Gasteiger partial charge is 0.226 e. The van der Waals surface area contributed by atoms with Crippen molar-refractivity contribution in [2.45, 2.75) is 25.6 Å². The van der Waals surface area contributed by atoms with Crippen LogP contribution in [0.15, 0.2) is 28.9 Å². The van der Waals surface area contributed by atoms with E-state index in [-0.39, 0.29) is 11.7 Å². The van der Waals surface area contributed by atoms with Crippen molar-refractivity contribution in [3.05, 3.63) is 24.5 Å². The van der Waals surface area contributed by atoms with E-state index in [1.54, 1.807) is 20.5 Å². The van der Waals surface area contributed by atoms with Crippen LogP contribution in [0.4, 0.5) is 0 Å². The molecule has 4 rings (SSSR count). The number of rotatable bonds is 5. The summed E-state index contributed by atoms with van der Waals surface area (Å²) in [5.41, 5.74) is 1.17. The fraction of sp³-hybridized carbons (Fsp3) is 0.389. The molecule has 126 valence electrons. The molecule has 0 bridgehead atoms. The lowest BCUT2D eigenvalue weighted by Gasteiger charge is -2.15. The van der Waals surface area contributed by atoms with Crippen molar-refractivity contribution in [1.82, 2.24) is 4.98 Å². The average molecular weight is 329 g/mol. The van der Waals surface area contributed by atoms with Gasteiger partial charge >= 0.3 is 0 Å². The molecule has 6 nitrogen and oxygen atoms in total. The minimum absolute atomic E-state index is 0.0735. The third-order valence-electron chi connectivity index (χ3n) is 4.38. The van der Waals surface area contributed by atoms with Gasteiger partial charge in [-0.2, -0.15) is 0 Å². The van der Waals surface area contributed by atoms with Crippen molar-refractivity contribution in [2.24, 2.45) is 0 Å². The molecule has 0 amide bonds. The molecule has 2 aromatic heterocycles. The first-order valence-corrected chi connectivity index (χ1v) is 7.77. The lowest BCUT2D eigenvalue weighted by molar-refractivity contribution is 0.243. The molecule has 0 spiro atoms. The molecule has 0 saturated carbocycles. The summed E-state index contributed by atoms with van der Waals surface area (Å²) in [6, 6.07) is 5.68. The lowest BCUT2D eigenvalue weighted by atomic mass is 10.1. The number of nitrogens with zero attached hydrogens (tertiary/aromatic N) is 1. The number of hydrogen-bond acceptors (Lipinski definition) is 6. The van der Waals surface area contributed by atoms with E-state index in [1.165, 1.54) is 0 Å². The van der Waals surface area contributed by atoms with Gasteiger partial charge in [-0.25, -0.2) is 4.98 Å². The maximum absolute atomic E-state index is 5.93. The van der Waals surface area contributed by atoms with E-state index in [9.17, 15) is 0 Å². The number of benzene rings is 1. The van der Waals surface area contributed by atoms with Gasteiger partial charge in [0.1, 0.15) is 12.7 Å². The topological polar surface area (TPSA) is 66.2 Å². The highest BCUT2D eigenvalue weighted by molar-refractivity contribution is 5.97. The second-order valence-electron chi connectivity index (χ2n) is 6.33. The van der Waals surface area contributed by atoms with E-state index in [4.69, 9.17) is 23.4 Å². The Morgan fingerprint density at radius 1 is 1.17 bits per heavy atom. The summed E-state index contributed by atoms with van der Waals surface area (Å²) in [4.78, 5) is 4.54. The van der Waals surface area contributed by atoms with Gasteiger partial charge in [0.2, 0.25) is 11.5 Å². The zero-order chi connectivity index (χ0) is 16.9. The molecule has 1 atom stereocenters. The van der Waals surface area contributed by atoms with Crippen LogP contribution >= 0.6 is 0 Å². The molecule has 1 saturated heterocycles. The van der Waals surface area contributed by atoms with Crippen molar-refractivity contribution in [1.29, 1.82) is 0 Å². The Morgan fingerprint density at radius 3 is 2.58 bits per heavy atom. The van der Waals surface area contributed by atoms with Crippen molar-refractivity contribution >= 4 is 22.0 Å². The Labute approximate surface area is 139 Å². The van der Waals surface area contributed by atoms with Crippen LogP contribution in [0.2, 0.25) is 0 Å². The highest BCUT2D eigenvalue weighted by atomic mass is 16.6. The summed E-state index contributed by atoms with van der Waals surface area (Å²) in [7, 11) is 3.20. The van der Waals surface area contributed by atoms with Crippen LogP contribution in [-0.2, 0) is 4.74 Å². The Kier molecular flexibility index (Phi) is 3.31. The normalized spacial score (nSPS) is 18.8. The minimum atomic E-state index is -0.132. The molecular weight excluding hydrogens is 310 g/mol. The van der Waals surface area contributed by atoms with Gasteiger partial charge in [0, 0.05) is 16.8 Å². The second-order valence-corrected chi connectivity index (χ2v) is 6.33. The molecule has 6 heteroatoms. The monoisotopic (exact) mass is 329 g/mol. The molecule has 0 radical (unpaired) electrons. The summed E-state index contributed by atoms with van der Waals surface area (Å²) < 4.78 is 28.0. The number of fused-ring (bicyclic) bond motifs is 2. The van der Waals surface area contributed by atoms with E-state index in [2.05, 4.69) is 4.98 Å². The molecule has 3 heterocycles. The quantitative estimate of drug-likeness (QED) is 0.667. The van der Waals surface area contributed by atoms with Crippen LogP contribution < -0.4 is 14.2 Å². The first-order valence-electron chi connectivity index (χ1n) is 7.77. The van der Waals surface area contributed by atoms with Crippen molar-refractivity contribution in [3.63, 3.8) is 0 Å². The molecule has 1 fully saturated rings. The van der Waals surface area contributed by atoms with Crippen LogP contribution in [-0.4, -0.2) is 37.5 Å². The standard InChI is InChI=1S/C18H19NO5/c1-18(2)14(24-18)9-23-13-8-12-11(15(20-3)16(13)21-4)7-10-5-6-22-17(10)19-12/h5-8,14H,9H2,1-4H3. The van der Waals surface area contributed by atoms with Gasteiger partial charge in [0.15, 0.2) is 11.5 Å². The Morgan fingerprint density at radius 2 is 1.92 bits per heavy atom. The zero-order valence-corrected chi connectivity index (χ0v) is 14.1. The van der Waals surface area contributed by atoms with Gasteiger partial charge in [-0.3, -0.25) is 0 Å². The highest BCUT2D eigenvalue weighted by Gasteiger charge is 2.48. The summed E-state index contributed by atoms with van der Waals surface area (Å²) >= 11 is 0. The molecule has 1 unspecified atom stereocenters. The molecule has 24 heavy (non-hydrogen) atoms. The summed E-state index contributed by atoms with van der Waals surface area (Å²) in [6.45, 7) is 4.52. The first kappa shape index (κ1) is 15.1. The highest BCUT2D eigenvalue weighted by Crippen LogP contribution is 2.44. The third-order valence-corrected chi connectivity index (χ3v) is 4.38. The average Bonchev–Trinajstić information content (AvgIpc) is 2.94. The Hall–Kier alpha value is -2.47. The molecule has 3 aromatic rings. The van der Waals surface area contributed by atoms with E-state index in [0.717, 1.165) is 16.3 Å². The third kappa shape index (κ3) is 2.34. The van der Waals surface area contributed by atoms with E-state index in [1.807, 2.05) is 32.0 Å². The number of methoxy groups -OCH3 is 2. The number of epoxide rings is 1. The van der Waals surface area contributed by atoms with Crippen molar-refractivity contribution in [3.8, 4) is 17.2 Å². The van der Waals surface area contributed by atoms with Crippen molar-refractivity contribution < 1.29 is 23.4 Å². The largest absolute Gasteiger partial charge is 0.492 e. The van der Waals surface area contributed by atoms with Crippen LogP contribution in [0.3, 0.4) is 0 Å². The fourth-order valence-corrected chi connectivity index (χ4v) is 2.86. The Bertz CT molecular complexity index is 915. The maximum atomic E-state index is 5.93. The van der Waals surface area contributed by atoms with E-state index < -0.39 is 0 Å². The van der Waals surface area contributed by atoms with Gasteiger partial charge < -0.3 is 23.4 Å². The molecule has 1 aliphatic rings. The van der Waals surface area contributed by atoms with Gasteiger partial charge in [0.25, 0.3) is 0 Å². The minimum Gasteiger partial charge on any atom is -0.492 e. The van der Waals surface area contributed by atoms with Crippen LogP contribution in [0.1, 0.15) is 13.8 Å². The van der Waals surface area contributed by atoms with E-state index >= 15 is 0 Å².